The van der Waals surface area contributed by atoms with Crippen molar-refractivity contribution in [3.05, 3.63) is 11.3 Å². The first-order chi connectivity index (χ1) is 8.78. The van der Waals surface area contributed by atoms with Gasteiger partial charge in [0.2, 0.25) is 0 Å². The second kappa shape index (κ2) is 5.26. The van der Waals surface area contributed by atoms with Gasteiger partial charge in [-0.05, 0) is 39.0 Å². The van der Waals surface area contributed by atoms with E-state index in [0.29, 0.717) is 0 Å². The Kier molecular flexibility index (Phi) is 3.84. The van der Waals surface area contributed by atoms with Crippen LogP contribution in [0.1, 0.15) is 64.7 Å². The molecule has 18 heavy (non-hydrogen) atoms. The molecule has 1 fully saturated rings. The van der Waals surface area contributed by atoms with Crippen molar-refractivity contribution in [2.75, 3.05) is 6.54 Å². The minimum absolute atomic E-state index is 0.845. The predicted octanol–water partition coefficient (Wildman–Crippen LogP) is 4.97. The molecule has 0 unspecified atom stereocenters. The fraction of sp³-hybridized carbons (Fsp3) is 0.800. The van der Waals surface area contributed by atoms with Crippen LogP contribution in [-0.4, -0.2) is 20.7 Å². The van der Waals surface area contributed by atoms with Crippen LogP contribution in [0, 0.1) is 0 Å². The number of nitrogens with zero attached hydrogens (tertiary/aromatic N) is 1. The van der Waals surface area contributed by atoms with Crippen LogP contribution in [0.25, 0.3) is 0 Å². The molecular weight excluding hydrogens is 258 g/mol. The summed E-state index contributed by atoms with van der Waals surface area (Å²) in [5.74, 6) is 0. The van der Waals surface area contributed by atoms with E-state index in [-0.39, 0.29) is 0 Å². The summed E-state index contributed by atoms with van der Waals surface area (Å²) in [4.78, 5) is 0. The minimum Gasteiger partial charge on any atom is -0.225 e. The molecule has 3 rings (SSSR count). The zero-order valence-electron chi connectivity index (χ0n) is 11.4. The fourth-order valence-electron chi connectivity index (χ4n) is 4.09. The summed E-state index contributed by atoms with van der Waals surface area (Å²) in [5.41, 5.74) is 3.30. The molecule has 0 radical (unpaired) electrons. The first-order valence-corrected chi connectivity index (χ1v) is 8.80. The van der Waals surface area contributed by atoms with Crippen molar-refractivity contribution in [3.8, 4) is 0 Å². The first kappa shape index (κ1) is 13.1. The SMILES string of the molecule is CC[N@@+]1(C2CCCCC2)SC(=S)C2=C1CCCC2. The third-order valence-corrected chi connectivity index (χ3v) is 7.01. The van der Waals surface area contributed by atoms with Crippen LogP contribution >= 0.6 is 24.2 Å². The number of rotatable bonds is 2. The van der Waals surface area contributed by atoms with Gasteiger partial charge in [-0.15, -0.1) is 0 Å². The van der Waals surface area contributed by atoms with Gasteiger partial charge in [0.05, 0.1) is 6.54 Å². The smallest absolute Gasteiger partial charge is 0.138 e. The molecule has 3 aliphatic rings. The van der Waals surface area contributed by atoms with Crippen LogP contribution in [0.3, 0.4) is 0 Å². The lowest BCUT2D eigenvalue weighted by Gasteiger charge is -2.42. The van der Waals surface area contributed by atoms with Crippen molar-refractivity contribution in [2.24, 2.45) is 0 Å². The monoisotopic (exact) mass is 282 g/mol. The lowest BCUT2D eigenvalue weighted by Crippen LogP contribution is -2.48. The predicted molar refractivity (Wildman–Crippen MR) is 83.4 cm³/mol. The Morgan fingerprint density at radius 1 is 1.11 bits per heavy atom. The summed E-state index contributed by atoms with van der Waals surface area (Å²) < 4.78 is 2.42. The Labute approximate surface area is 121 Å². The van der Waals surface area contributed by atoms with E-state index in [1.165, 1.54) is 72.4 Å². The molecule has 0 N–H and O–H groups in total. The van der Waals surface area contributed by atoms with E-state index in [1.54, 1.807) is 11.3 Å². The number of quaternary nitrogens is 1. The topological polar surface area (TPSA) is 0 Å². The van der Waals surface area contributed by atoms with Gasteiger partial charge in [-0.1, -0.05) is 18.6 Å². The second-order valence-corrected chi connectivity index (χ2v) is 7.82. The zero-order chi connectivity index (χ0) is 12.6. The van der Waals surface area contributed by atoms with Crippen molar-refractivity contribution in [1.82, 2.24) is 0 Å². The zero-order valence-corrected chi connectivity index (χ0v) is 13.0. The standard InChI is InChI=1S/C15H24NS2/c1-2-16(12-8-4-3-5-9-12)14-11-7-6-10-13(14)15(17)18-16/h12H,2-11H2,1H3/q+1/t16-/m0/s1. The third-order valence-electron chi connectivity index (χ3n) is 5.02. The second-order valence-electron chi connectivity index (χ2n) is 5.91. The minimum atomic E-state index is 0.845. The first-order valence-electron chi connectivity index (χ1n) is 7.62. The normalized spacial score (nSPS) is 33.9. The summed E-state index contributed by atoms with van der Waals surface area (Å²) >= 11 is 7.71. The maximum Gasteiger partial charge on any atom is 0.138 e. The Bertz CT molecular complexity index is 382. The molecule has 0 aromatic heterocycles. The van der Waals surface area contributed by atoms with Crippen LogP contribution in [0.4, 0.5) is 0 Å². The van der Waals surface area contributed by atoms with Crippen LogP contribution in [0.2, 0.25) is 0 Å². The number of hydrogen-bond donors (Lipinski definition) is 0. The van der Waals surface area contributed by atoms with Gasteiger partial charge in [0.25, 0.3) is 0 Å². The van der Waals surface area contributed by atoms with E-state index in [0.717, 1.165) is 6.04 Å². The van der Waals surface area contributed by atoms with Crippen molar-refractivity contribution in [3.63, 3.8) is 0 Å². The third kappa shape index (κ3) is 1.99. The van der Waals surface area contributed by atoms with E-state index in [2.05, 4.69) is 6.92 Å². The summed E-state index contributed by atoms with van der Waals surface area (Å²) in [6.45, 7) is 3.60. The molecule has 0 saturated heterocycles. The summed E-state index contributed by atoms with van der Waals surface area (Å²) in [6.07, 6.45) is 12.5. The highest BCUT2D eigenvalue weighted by Gasteiger charge is 2.50. The maximum absolute atomic E-state index is 5.69. The highest BCUT2D eigenvalue weighted by Crippen LogP contribution is 2.52. The summed E-state index contributed by atoms with van der Waals surface area (Å²) in [7, 11) is 0. The molecule has 100 valence electrons. The van der Waals surface area contributed by atoms with E-state index < -0.39 is 0 Å². The summed E-state index contributed by atoms with van der Waals surface area (Å²) in [6, 6.07) is 0.845. The van der Waals surface area contributed by atoms with Crippen LogP contribution in [0.5, 0.6) is 0 Å². The molecule has 1 heterocycles. The average molecular weight is 282 g/mol. The van der Waals surface area contributed by atoms with Crippen LogP contribution in [0.15, 0.2) is 11.3 Å². The van der Waals surface area contributed by atoms with Crippen molar-refractivity contribution < 1.29 is 3.89 Å². The molecule has 1 saturated carbocycles. The molecule has 3 heteroatoms. The Balaban J connectivity index is 1.95. The highest BCUT2D eigenvalue weighted by molar-refractivity contribution is 8.20. The Morgan fingerprint density at radius 3 is 2.56 bits per heavy atom. The quantitative estimate of drug-likeness (QED) is 0.398. The van der Waals surface area contributed by atoms with Crippen LogP contribution in [-0.2, 0) is 0 Å². The van der Waals surface area contributed by atoms with Gasteiger partial charge >= 0.3 is 0 Å². The molecule has 0 aromatic carbocycles. The maximum atomic E-state index is 5.69. The molecular formula is C15H24NS2+. The average Bonchev–Trinajstić information content (AvgIpc) is 2.74. The van der Waals surface area contributed by atoms with E-state index in [1.807, 2.05) is 11.9 Å². The molecule has 2 aliphatic carbocycles. The number of hydrogen-bond acceptors (Lipinski definition) is 2. The lowest BCUT2D eigenvalue weighted by molar-refractivity contribution is -0.783. The van der Waals surface area contributed by atoms with Crippen molar-refractivity contribution in [2.45, 2.75) is 70.8 Å². The van der Waals surface area contributed by atoms with Gasteiger partial charge in [-0.2, -0.15) is 0 Å². The van der Waals surface area contributed by atoms with E-state index in [4.69, 9.17) is 12.2 Å². The Hall–Kier alpha value is 0.140. The van der Waals surface area contributed by atoms with Crippen molar-refractivity contribution >= 4 is 28.4 Å². The molecule has 0 spiro atoms. The molecule has 0 amide bonds. The van der Waals surface area contributed by atoms with Crippen molar-refractivity contribution in [1.29, 1.82) is 0 Å². The number of thiocarbonyl (C=S) groups is 1. The summed E-state index contributed by atoms with van der Waals surface area (Å²) in [5, 5.41) is 0. The largest absolute Gasteiger partial charge is 0.225 e. The molecule has 0 aromatic rings. The fourth-order valence-corrected chi connectivity index (χ4v) is 6.14. The van der Waals surface area contributed by atoms with Gasteiger partial charge in [0.15, 0.2) is 0 Å². The molecule has 0 bridgehead atoms. The van der Waals surface area contributed by atoms with Gasteiger partial charge in [0.1, 0.15) is 27.9 Å². The van der Waals surface area contributed by atoms with Gasteiger partial charge < -0.3 is 0 Å². The van der Waals surface area contributed by atoms with Gasteiger partial charge in [-0.3, -0.25) is 0 Å². The lowest BCUT2D eigenvalue weighted by atomic mass is 9.90. The Morgan fingerprint density at radius 2 is 1.83 bits per heavy atom. The molecule has 1 atom stereocenters. The van der Waals surface area contributed by atoms with Gasteiger partial charge in [0, 0.05) is 24.8 Å². The van der Waals surface area contributed by atoms with Gasteiger partial charge in [-0.25, -0.2) is 3.89 Å². The van der Waals surface area contributed by atoms with E-state index >= 15 is 0 Å². The highest BCUT2D eigenvalue weighted by atomic mass is 32.2. The number of allylic oxidation sites excluding steroid dienone is 1. The molecule has 1 aliphatic heterocycles. The molecule has 1 nitrogen and oxygen atoms in total. The van der Waals surface area contributed by atoms with E-state index in [9.17, 15) is 0 Å². The van der Waals surface area contributed by atoms with Crippen LogP contribution < -0.4 is 0 Å².